The monoisotopic (exact) mass is 381 g/mol. The number of pyridine rings is 1. The summed E-state index contributed by atoms with van der Waals surface area (Å²) in [6.45, 7) is 3.14. The number of para-hydroxylation sites is 1. The van der Waals surface area contributed by atoms with Gasteiger partial charge in [0, 0.05) is 29.1 Å². The summed E-state index contributed by atoms with van der Waals surface area (Å²) in [4.78, 5) is 17.6. The van der Waals surface area contributed by atoms with Gasteiger partial charge in [-0.15, -0.1) is 24.8 Å². The number of fused-ring (bicyclic) bond motifs is 1. The second kappa shape index (κ2) is 8.35. The van der Waals surface area contributed by atoms with Crippen LogP contribution in [0.4, 0.5) is 0 Å². The van der Waals surface area contributed by atoms with Crippen LogP contribution in [0.2, 0.25) is 0 Å². The third kappa shape index (κ3) is 4.43. The lowest BCUT2D eigenvalue weighted by Gasteiger charge is -2.28. The molecule has 1 aliphatic heterocycles. The first kappa shape index (κ1) is 20.0. The molecule has 4 rings (SSSR count). The number of benzene rings is 1. The third-order valence-electron chi connectivity index (χ3n) is 4.94. The van der Waals surface area contributed by atoms with Crippen molar-refractivity contribution in [1.29, 1.82) is 0 Å². The molecule has 6 heteroatoms. The summed E-state index contributed by atoms with van der Waals surface area (Å²) >= 11 is 0. The third-order valence-corrected chi connectivity index (χ3v) is 4.94. The van der Waals surface area contributed by atoms with Gasteiger partial charge in [0.2, 0.25) is 0 Å². The Bertz CT molecular complexity index is 749. The van der Waals surface area contributed by atoms with Crippen LogP contribution < -0.4 is 10.6 Å². The van der Waals surface area contributed by atoms with E-state index < -0.39 is 0 Å². The largest absolute Gasteiger partial charge is 0.349 e. The molecule has 2 heterocycles. The molecule has 2 atom stereocenters. The lowest BCUT2D eigenvalue weighted by atomic mass is 9.99. The van der Waals surface area contributed by atoms with Gasteiger partial charge in [0.05, 0.1) is 11.1 Å². The molecule has 2 aromatic rings. The Balaban J connectivity index is 0.00000113. The highest BCUT2D eigenvalue weighted by molar-refractivity contribution is 6.06. The quantitative estimate of drug-likeness (QED) is 0.849. The molecule has 1 saturated heterocycles. The fraction of sp³-hybridized carbons (Fsp3) is 0.474. The van der Waals surface area contributed by atoms with E-state index in [1.54, 1.807) is 0 Å². The van der Waals surface area contributed by atoms with Crippen LogP contribution in [-0.2, 0) is 0 Å². The molecule has 2 unspecified atom stereocenters. The van der Waals surface area contributed by atoms with Gasteiger partial charge >= 0.3 is 0 Å². The predicted molar refractivity (Wildman–Crippen MR) is 106 cm³/mol. The number of carbonyl (C=O) groups excluding carboxylic acids is 1. The number of amides is 1. The SMILES string of the molecule is CC1CC(NC(=O)c2cc(C3CC3)nc3ccccc23)CCN1.Cl.Cl. The van der Waals surface area contributed by atoms with E-state index in [0.717, 1.165) is 41.5 Å². The van der Waals surface area contributed by atoms with Crippen molar-refractivity contribution >= 4 is 41.6 Å². The van der Waals surface area contributed by atoms with E-state index in [9.17, 15) is 4.79 Å². The van der Waals surface area contributed by atoms with Crippen LogP contribution in [0.3, 0.4) is 0 Å². The minimum absolute atomic E-state index is 0. The number of piperidine rings is 1. The van der Waals surface area contributed by atoms with Crippen molar-refractivity contribution in [1.82, 2.24) is 15.6 Å². The average molecular weight is 382 g/mol. The molecular formula is C19H25Cl2N3O. The molecule has 1 aromatic carbocycles. The van der Waals surface area contributed by atoms with Gasteiger partial charge in [0.15, 0.2) is 0 Å². The maximum Gasteiger partial charge on any atom is 0.252 e. The van der Waals surface area contributed by atoms with Crippen molar-refractivity contribution in [2.75, 3.05) is 6.54 Å². The molecule has 136 valence electrons. The highest BCUT2D eigenvalue weighted by Gasteiger charge is 2.27. The molecule has 25 heavy (non-hydrogen) atoms. The van der Waals surface area contributed by atoms with E-state index in [2.05, 4.69) is 17.6 Å². The van der Waals surface area contributed by atoms with Gasteiger partial charge in [-0.3, -0.25) is 9.78 Å². The van der Waals surface area contributed by atoms with Crippen molar-refractivity contribution in [3.63, 3.8) is 0 Å². The summed E-state index contributed by atoms with van der Waals surface area (Å²) in [5.74, 6) is 0.592. The van der Waals surface area contributed by atoms with Gasteiger partial charge in [0.25, 0.3) is 5.91 Å². The number of nitrogens with zero attached hydrogens (tertiary/aromatic N) is 1. The van der Waals surface area contributed by atoms with Crippen molar-refractivity contribution in [3.05, 3.63) is 41.6 Å². The molecule has 1 amide bonds. The standard InChI is InChI=1S/C19H23N3O.2ClH/c1-12-10-14(8-9-20-12)21-19(23)16-11-18(13-6-7-13)22-17-5-3-2-4-15(16)17;;/h2-5,11-14,20H,6-10H2,1H3,(H,21,23);2*1H. The minimum atomic E-state index is 0. The van der Waals surface area contributed by atoms with Crippen molar-refractivity contribution in [2.45, 2.75) is 50.6 Å². The predicted octanol–water partition coefficient (Wildman–Crippen LogP) is 3.83. The van der Waals surface area contributed by atoms with E-state index in [-0.39, 0.29) is 36.8 Å². The Hall–Kier alpha value is -1.36. The van der Waals surface area contributed by atoms with Crippen LogP contribution in [0.5, 0.6) is 0 Å². The lowest BCUT2D eigenvalue weighted by Crippen LogP contribution is -2.46. The van der Waals surface area contributed by atoms with Crippen molar-refractivity contribution in [2.24, 2.45) is 0 Å². The van der Waals surface area contributed by atoms with E-state index in [1.165, 1.54) is 12.8 Å². The fourth-order valence-corrected chi connectivity index (χ4v) is 3.50. The summed E-state index contributed by atoms with van der Waals surface area (Å²) in [6.07, 6.45) is 4.37. The van der Waals surface area contributed by atoms with E-state index in [0.29, 0.717) is 12.0 Å². The smallest absolute Gasteiger partial charge is 0.252 e. The number of rotatable bonds is 3. The zero-order chi connectivity index (χ0) is 15.8. The number of nitrogens with one attached hydrogen (secondary N) is 2. The normalized spacial score (nSPS) is 22.6. The zero-order valence-corrected chi connectivity index (χ0v) is 16.0. The molecular weight excluding hydrogens is 357 g/mol. The Morgan fingerprint density at radius 3 is 2.68 bits per heavy atom. The molecule has 0 bridgehead atoms. The van der Waals surface area contributed by atoms with Crippen LogP contribution in [-0.4, -0.2) is 29.5 Å². The molecule has 2 fully saturated rings. The number of halogens is 2. The maximum atomic E-state index is 12.9. The Labute approximate surface area is 161 Å². The van der Waals surface area contributed by atoms with Crippen LogP contribution in [0.25, 0.3) is 10.9 Å². The number of hydrogen-bond acceptors (Lipinski definition) is 3. The summed E-state index contributed by atoms with van der Waals surface area (Å²) in [6, 6.07) is 10.7. The second-order valence-electron chi connectivity index (χ2n) is 6.94. The maximum absolute atomic E-state index is 12.9. The molecule has 4 nitrogen and oxygen atoms in total. The Morgan fingerprint density at radius 2 is 1.96 bits per heavy atom. The molecule has 1 saturated carbocycles. The van der Waals surface area contributed by atoms with Gasteiger partial charge in [-0.2, -0.15) is 0 Å². The summed E-state index contributed by atoms with van der Waals surface area (Å²) in [5, 5.41) is 7.62. The first-order valence-electron chi connectivity index (χ1n) is 8.64. The average Bonchev–Trinajstić information content (AvgIpc) is 3.38. The van der Waals surface area contributed by atoms with E-state index >= 15 is 0 Å². The van der Waals surface area contributed by atoms with Crippen LogP contribution >= 0.6 is 24.8 Å². The van der Waals surface area contributed by atoms with E-state index in [4.69, 9.17) is 4.98 Å². The number of carbonyl (C=O) groups is 1. The molecule has 2 N–H and O–H groups in total. The molecule has 0 spiro atoms. The van der Waals surface area contributed by atoms with Crippen LogP contribution in [0.15, 0.2) is 30.3 Å². The first-order chi connectivity index (χ1) is 11.2. The zero-order valence-electron chi connectivity index (χ0n) is 14.3. The fourth-order valence-electron chi connectivity index (χ4n) is 3.50. The summed E-state index contributed by atoms with van der Waals surface area (Å²) in [5.41, 5.74) is 2.79. The van der Waals surface area contributed by atoms with Gasteiger partial charge < -0.3 is 10.6 Å². The highest BCUT2D eigenvalue weighted by atomic mass is 35.5. The highest BCUT2D eigenvalue weighted by Crippen LogP contribution is 2.40. The van der Waals surface area contributed by atoms with Crippen molar-refractivity contribution < 1.29 is 4.79 Å². The first-order valence-corrected chi connectivity index (χ1v) is 8.64. The number of aromatic nitrogens is 1. The van der Waals surface area contributed by atoms with Crippen LogP contribution in [0, 0.1) is 0 Å². The molecule has 1 aliphatic carbocycles. The topological polar surface area (TPSA) is 54.0 Å². The van der Waals surface area contributed by atoms with E-state index in [1.807, 2.05) is 30.3 Å². The molecule has 1 aromatic heterocycles. The lowest BCUT2D eigenvalue weighted by molar-refractivity contribution is 0.0927. The Morgan fingerprint density at radius 1 is 1.20 bits per heavy atom. The molecule has 2 aliphatic rings. The van der Waals surface area contributed by atoms with Gasteiger partial charge in [0.1, 0.15) is 0 Å². The number of hydrogen-bond donors (Lipinski definition) is 2. The molecule has 0 radical (unpaired) electrons. The van der Waals surface area contributed by atoms with Gasteiger partial charge in [-0.1, -0.05) is 18.2 Å². The summed E-state index contributed by atoms with van der Waals surface area (Å²) < 4.78 is 0. The van der Waals surface area contributed by atoms with Gasteiger partial charge in [-0.05, 0) is 51.3 Å². The van der Waals surface area contributed by atoms with Crippen molar-refractivity contribution in [3.8, 4) is 0 Å². The van der Waals surface area contributed by atoms with Gasteiger partial charge in [-0.25, -0.2) is 0 Å². The second-order valence-corrected chi connectivity index (χ2v) is 6.94. The summed E-state index contributed by atoms with van der Waals surface area (Å²) in [7, 11) is 0. The Kier molecular flexibility index (Phi) is 6.66. The van der Waals surface area contributed by atoms with Crippen LogP contribution in [0.1, 0.15) is 54.6 Å². The minimum Gasteiger partial charge on any atom is -0.349 e.